The fraction of sp³-hybridized carbons (Fsp3) is 0.292. The summed E-state index contributed by atoms with van der Waals surface area (Å²) in [6.45, 7) is 4.90. The number of piperidine rings is 1. The molecule has 0 aliphatic carbocycles. The van der Waals surface area contributed by atoms with Crippen LogP contribution in [0.4, 0.5) is 11.6 Å². The smallest absolute Gasteiger partial charge is 0.306 e. The van der Waals surface area contributed by atoms with Gasteiger partial charge in [-0.25, -0.2) is 9.97 Å². The van der Waals surface area contributed by atoms with Gasteiger partial charge in [0.05, 0.1) is 16.6 Å². The van der Waals surface area contributed by atoms with Crippen molar-refractivity contribution in [2.75, 3.05) is 22.7 Å². The SMILES string of the molecule is Cc1cccc(C)c1-c1nc(NS(=O)(=O)c2cccc(N3CCC(C(=O)O)CC3)n2)ccc1Cl. The number of nitrogens with zero attached hydrogens (tertiary/aromatic N) is 3. The first kappa shape index (κ1) is 24.0. The van der Waals surface area contributed by atoms with E-state index >= 15 is 0 Å². The van der Waals surface area contributed by atoms with Crippen molar-refractivity contribution in [1.29, 1.82) is 0 Å². The van der Waals surface area contributed by atoms with Crippen LogP contribution in [0.25, 0.3) is 11.3 Å². The minimum Gasteiger partial charge on any atom is -0.481 e. The maximum Gasteiger partial charge on any atom is 0.306 e. The molecule has 1 aliphatic rings. The van der Waals surface area contributed by atoms with E-state index in [0.717, 1.165) is 16.7 Å². The van der Waals surface area contributed by atoms with E-state index in [1.165, 1.54) is 12.1 Å². The number of nitrogens with one attached hydrogen (secondary N) is 1. The van der Waals surface area contributed by atoms with Crippen LogP contribution in [-0.4, -0.2) is 42.6 Å². The molecule has 1 fully saturated rings. The molecule has 3 heterocycles. The molecule has 0 unspecified atom stereocenters. The van der Waals surface area contributed by atoms with Gasteiger partial charge >= 0.3 is 5.97 Å². The maximum atomic E-state index is 13.1. The lowest BCUT2D eigenvalue weighted by Gasteiger charge is -2.31. The van der Waals surface area contributed by atoms with Crippen LogP contribution in [0.3, 0.4) is 0 Å². The summed E-state index contributed by atoms with van der Waals surface area (Å²) in [7, 11) is -4.02. The lowest BCUT2D eigenvalue weighted by Crippen LogP contribution is -2.37. The highest BCUT2D eigenvalue weighted by molar-refractivity contribution is 7.92. The fourth-order valence-electron chi connectivity index (χ4n) is 4.14. The summed E-state index contributed by atoms with van der Waals surface area (Å²) in [5.74, 6) is -0.556. The molecule has 0 spiro atoms. The van der Waals surface area contributed by atoms with E-state index in [1.807, 2.05) is 36.9 Å². The summed E-state index contributed by atoms with van der Waals surface area (Å²) in [6.07, 6.45) is 0.976. The van der Waals surface area contributed by atoms with Gasteiger partial charge in [-0.05, 0) is 62.1 Å². The quantitative estimate of drug-likeness (QED) is 0.511. The third kappa shape index (κ3) is 5.00. The molecule has 4 rings (SSSR count). The predicted molar refractivity (Wildman–Crippen MR) is 132 cm³/mol. The lowest BCUT2D eigenvalue weighted by molar-refractivity contribution is -0.142. The number of rotatable bonds is 6. The van der Waals surface area contributed by atoms with E-state index in [4.69, 9.17) is 11.6 Å². The second kappa shape index (κ2) is 9.60. The van der Waals surface area contributed by atoms with Crippen LogP contribution in [0.15, 0.2) is 53.6 Å². The van der Waals surface area contributed by atoms with Gasteiger partial charge < -0.3 is 10.0 Å². The second-order valence-electron chi connectivity index (χ2n) is 8.33. The molecule has 34 heavy (non-hydrogen) atoms. The third-order valence-electron chi connectivity index (χ3n) is 5.96. The van der Waals surface area contributed by atoms with Crippen LogP contribution in [0.5, 0.6) is 0 Å². The third-order valence-corrected chi connectivity index (χ3v) is 7.52. The summed E-state index contributed by atoms with van der Waals surface area (Å²) in [4.78, 5) is 21.9. The van der Waals surface area contributed by atoms with E-state index in [2.05, 4.69) is 14.7 Å². The van der Waals surface area contributed by atoms with Gasteiger partial charge in [0.2, 0.25) is 0 Å². The number of carboxylic acids is 1. The molecule has 0 amide bonds. The molecule has 0 radical (unpaired) electrons. The first-order chi connectivity index (χ1) is 16.2. The predicted octanol–water partition coefficient (Wildman–Crippen LogP) is 4.52. The van der Waals surface area contributed by atoms with E-state index < -0.39 is 16.0 Å². The summed E-state index contributed by atoms with van der Waals surface area (Å²) >= 11 is 6.41. The first-order valence-corrected chi connectivity index (χ1v) is 12.7. The highest BCUT2D eigenvalue weighted by atomic mass is 35.5. The molecular weight excluding hydrogens is 476 g/mol. The Balaban J connectivity index is 1.59. The highest BCUT2D eigenvalue weighted by Crippen LogP contribution is 2.33. The Bertz CT molecular complexity index is 1320. The van der Waals surface area contributed by atoms with Crippen LogP contribution < -0.4 is 9.62 Å². The Morgan fingerprint density at radius 1 is 1.03 bits per heavy atom. The molecule has 0 saturated carbocycles. The Labute approximate surface area is 203 Å². The highest BCUT2D eigenvalue weighted by Gasteiger charge is 2.26. The minimum atomic E-state index is -4.02. The molecule has 3 aromatic rings. The number of sulfonamides is 1. The average molecular weight is 501 g/mol. The number of pyridine rings is 2. The largest absolute Gasteiger partial charge is 0.481 e. The van der Waals surface area contributed by atoms with E-state index in [-0.39, 0.29) is 16.8 Å². The van der Waals surface area contributed by atoms with Crippen LogP contribution in [0.2, 0.25) is 5.02 Å². The number of hydrogen-bond donors (Lipinski definition) is 2. The van der Waals surface area contributed by atoms with E-state index in [1.54, 1.807) is 18.2 Å². The fourth-order valence-corrected chi connectivity index (χ4v) is 5.30. The second-order valence-corrected chi connectivity index (χ2v) is 10.4. The van der Waals surface area contributed by atoms with Crippen LogP contribution in [0.1, 0.15) is 24.0 Å². The topological polar surface area (TPSA) is 112 Å². The average Bonchev–Trinajstić information content (AvgIpc) is 2.81. The Morgan fingerprint density at radius 3 is 2.32 bits per heavy atom. The number of halogens is 1. The van der Waals surface area contributed by atoms with Crippen molar-refractivity contribution in [3.8, 4) is 11.3 Å². The standard InChI is InChI=1S/C24H25ClN4O4S/c1-15-5-3-6-16(2)22(15)23-18(25)9-10-19(26-23)28-34(32,33)21-8-4-7-20(27-21)29-13-11-17(12-14-29)24(30)31/h3-10,17H,11-14H2,1-2H3,(H,26,28)(H,30,31). The molecule has 10 heteroatoms. The normalized spacial score (nSPS) is 14.7. The molecule has 0 bridgehead atoms. The van der Waals surface area contributed by atoms with Gasteiger partial charge in [0.15, 0.2) is 5.03 Å². The number of anilines is 2. The summed E-state index contributed by atoms with van der Waals surface area (Å²) in [5.41, 5.74) is 3.32. The van der Waals surface area contributed by atoms with Gasteiger partial charge in [0, 0.05) is 18.7 Å². The van der Waals surface area contributed by atoms with E-state index in [9.17, 15) is 18.3 Å². The van der Waals surface area contributed by atoms with Gasteiger partial charge in [-0.3, -0.25) is 9.52 Å². The number of aromatic nitrogens is 2. The molecule has 178 valence electrons. The molecule has 1 aliphatic heterocycles. The maximum absolute atomic E-state index is 13.1. The number of aliphatic carboxylic acids is 1. The van der Waals surface area contributed by atoms with Gasteiger partial charge in [-0.1, -0.05) is 35.9 Å². The van der Waals surface area contributed by atoms with Gasteiger partial charge in [-0.2, -0.15) is 8.42 Å². The monoisotopic (exact) mass is 500 g/mol. The van der Waals surface area contributed by atoms with E-state index in [0.29, 0.717) is 42.5 Å². The Kier molecular flexibility index (Phi) is 6.77. The summed E-state index contributed by atoms with van der Waals surface area (Å²) in [5, 5.41) is 9.47. The summed E-state index contributed by atoms with van der Waals surface area (Å²) < 4.78 is 28.7. The lowest BCUT2D eigenvalue weighted by atomic mass is 9.97. The number of aryl methyl sites for hydroxylation is 2. The van der Waals surface area contributed by atoms with Crippen LogP contribution >= 0.6 is 11.6 Å². The number of carboxylic acid groups (broad SMARTS) is 1. The number of hydrogen-bond acceptors (Lipinski definition) is 6. The van der Waals surface area contributed by atoms with Crippen molar-refractivity contribution < 1.29 is 18.3 Å². The van der Waals surface area contributed by atoms with Crippen molar-refractivity contribution in [3.05, 3.63) is 64.7 Å². The zero-order valence-corrected chi connectivity index (χ0v) is 20.4. The van der Waals surface area contributed by atoms with Gasteiger partial charge in [0.1, 0.15) is 11.6 Å². The molecule has 8 nitrogen and oxygen atoms in total. The Hall–Kier alpha value is -3.17. The van der Waals surface area contributed by atoms with Crippen molar-refractivity contribution >= 4 is 39.2 Å². The first-order valence-electron chi connectivity index (χ1n) is 10.9. The number of benzene rings is 1. The Morgan fingerprint density at radius 2 is 1.68 bits per heavy atom. The zero-order chi connectivity index (χ0) is 24.5. The summed E-state index contributed by atoms with van der Waals surface area (Å²) in [6, 6.07) is 13.7. The molecule has 1 aromatic carbocycles. The van der Waals surface area contributed by atoms with Crippen molar-refractivity contribution in [1.82, 2.24) is 9.97 Å². The molecular formula is C24H25ClN4O4S. The molecule has 0 atom stereocenters. The van der Waals surface area contributed by atoms with Crippen molar-refractivity contribution in [2.24, 2.45) is 5.92 Å². The van der Waals surface area contributed by atoms with Crippen LogP contribution in [0, 0.1) is 19.8 Å². The van der Waals surface area contributed by atoms with Crippen LogP contribution in [-0.2, 0) is 14.8 Å². The van der Waals surface area contributed by atoms with Crippen molar-refractivity contribution in [2.45, 2.75) is 31.7 Å². The van der Waals surface area contributed by atoms with Gasteiger partial charge in [0.25, 0.3) is 10.0 Å². The molecule has 1 saturated heterocycles. The zero-order valence-electron chi connectivity index (χ0n) is 18.8. The number of carbonyl (C=O) groups is 1. The minimum absolute atomic E-state index is 0.136. The molecule has 2 N–H and O–H groups in total. The van der Waals surface area contributed by atoms with Crippen molar-refractivity contribution in [3.63, 3.8) is 0 Å². The molecule has 2 aromatic heterocycles. The van der Waals surface area contributed by atoms with Gasteiger partial charge in [-0.15, -0.1) is 0 Å².